The number of hydrogen-bond acceptors (Lipinski definition) is 5. The number of aliphatic carboxylic acids is 1. The summed E-state index contributed by atoms with van der Waals surface area (Å²) in [5, 5.41) is 12.4. The van der Waals surface area contributed by atoms with Crippen LogP contribution in [-0.4, -0.2) is 28.2 Å². The Morgan fingerprint density at radius 3 is 2.44 bits per heavy atom. The molecule has 3 aromatic rings. The maximum absolute atomic E-state index is 13.2. The number of anilines is 1. The van der Waals surface area contributed by atoms with Crippen molar-refractivity contribution in [2.75, 3.05) is 12.4 Å². The first-order valence-corrected chi connectivity index (χ1v) is 7.77. The number of hydrogen-bond donors (Lipinski definition) is 2. The molecule has 1 aromatic heterocycles. The van der Waals surface area contributed by atoms with E-state index in [4.69, 9.17) is 4.74 Å². The van der Waals surface area contributed by atoms with E-state index in [1.807, 2.05) is 0 Å². The molecule has 2 N–H and O–H groups in total. The van der Waals surface area contributed by atoms with Gasteiger partial charge in [0.2, 0.25) is 5.82 Å². The van der Waals surface area contributed by atoms with Crippen LogP contribution in [0.15, 0.2) is 48.5 Å². The average molecular weight is 377 g/mol. The normalized spacial score (nSPS) is 12.6. The number of aromatic nitrogens is 2. The van der Waals surface area contributed by atoms with Gasteiger partial charge in [-0.2, -0.15) is 13.2 Å². The maximum Gasteiger partial charge on any atom is 0.451 e. The summed E-state index contributed by atoms with van der Waals surface area (Å²) in [6.07, 6.45) is -4.79. The predicted molar refractivity (Wildman–Crippen MR) is 91.5 cm³/mol. The van der Waals surface area contributed by atoms with Crippen molar-refractivity contribution in [2.45, 2.75) is 12.2 Å². The maximum atomic E-state index is 13.2. The van der Waals surface area contributed by atoms with Crippen LogP contribution in [0.2, 0.25) is 0 Å². The van der Waals surface area contributed by atoms with Crippen LogP contribution in [0.4, 0.5) is 19.0 Å². The van der Waals surface area contributed by atoms with Gasteiger partial charge in [-0.1, -0.05) is 30.3 Å². The lowest BCUT2D eigenvalue weighted by molar-refractivity contribution is -0.144. The highest BCUT2D eigenvalue weighted by atomic mass is 19.4. The lowest BCUT2D eigenvalue weighted by atomic mass is 10.1. The molecule has 0 amide bonds. The zero-order chi connectivity index (χ0) is 19.6. The number of methoxy groups -OCH3 is 1. The van der Waals surface area contributed by atoms with Crippen LogP contribution in [0.5, 0.6) is 5.75 Å². The minimum Gasteiger partial charge on any atom is -0.497 e. The minimum atomic E-state index is -4.79. The molecule has 9 heteroatoms. The van der Waals surface area contributed by atoms with Crippen LogP contribution in [0.25, 0.3) is 10.9 Å². The molecular weight excluding hydrogens is 363 g/mol. The van der Waals surface area contributed by atoms with Crippen LogP contribution in [0, 0.1) is 0 Å². The highest BCUT2D eigenvalue weighted by molar-refractivity contribution is 5.92. The van der Waals surface area contributed by atoms with E-state index in [1.165, 1.54) is 25.3 Å². The van der Waals surface area contributed by atoms with Crippen LogP contribution in [0.1, 0.15) is 17.4 Å². The largest absolute Gasteiger partial charge is 0.497 e. The lowest BCUT2D eigenvalue weighted by Gasteiger charge is -2.18. The number of benzene rings is 2. The first kappa shape index (κ1) is 18.4. The Morgan fingerprint density at radius 2 is 1.85 bits per heavy atom. The van der Waals surface area contributed by atoms with Crippen LogP contribution in [-0.2, 0) is 11.0 Å². The summed E-state index contributed by atoms with van der Waals surface area (Å²) in [5.41, 5.74) is 0.357. The van der Waals surface area contributed by atoms with E-state index in [2.05, 4.69) is 15.3 Å². The Bertz CT molecular complexity index is 978. The predicted octanol–water partition coefficient (Wildman–Crippen LogP) is 3.90. The summed E-state index contributed by atoms with van der Waals surface area (Å²) in [4.78, 5) is 18.7. The van der Waals surface area contributed by atoms with Crippen LogP contribution < -0.4 is 10.1 Å². The van der Waals surface area contributed by atoms with Crippen molar-refractivity contribution in [1.29, 1.82) is 0 Å². The van der Waals surface area contributed by atoms with E-state index in [0.29, 0.717) is 11.3 Å². The molecule has 0 saturated heterocycles. The first-order valence-electron chi connectivity index (χ1n) is 7.77. The Balaban J connectivity index is 2.15. The average Bonchev–Trinajstić information content (AvgIpc) is 2.64. The van der Waals surface area contributed by atoms with Gasteiger partial charge in [0.1, 0.15) is 11.6 Å². The molecular formula is C18H14F3N3O3. The summed E-state index contributed by atoms with van der Waals surface area (Å²) >= 11 is 0. The van der Waals surface area contributed by atoms with Crippen molar-refractivity contribution in [1.82, 2.24) is 9.97 Å². The SMILES string of the molecule is COc1ccc2c(NC(C(=O)O)c3ccccc3)nc(C(F)(F)F)nc2c1. The Labute approximate surface area is 151 Å². The van der Waals surface area contributed by atoms with Gasteiger partial charge < -0.3 is 15.2 Å². The molecule has 0 saturated carbocycles. The number of carboxylic acids is 1. The molecule has 1 unspecified atom stereocenters. The van der Waals surface area contributed by atoms with Crippen LogP contribution in [0.3, 0.4) is 0 Å². The second kappa shape index (κ2) is 7.10. The van der Waals surface area contributed by atoms with Gasteiger partial charge in [0.15, 0.2) is 6.04 Å². The second-order valence-corrected chi connectivity index (χ2v) is 5.60. The van der Waals surface area contributed by atoms with Gasteiger partial charge in [0.05, 0.1) is 12.6 Å². The molecule has 3 rings (SSSR count). The van der Waals surface area contributed by atoms with Gasteiger partial charge in [-0.25, -0.2) is 14.8 Å². The number of nitrogens with zero attached hydrogens (tertiary/aromatic N) is 2. The standard InChI is InChI=1S/C18H14F3N3O3/c1-27-11-7-8-12-13(9-11)22-17(18(19,20)21)24-15(12)23-14(16(25)26)10-5-3-2-4-6-10/h2-9,14H,1H3,(H,25,26)(H,22,23,24). The monoisotopic (exact) mass is 377 g/mol. The number of carbonyl (C=O) groups is 1. The Kier molecular flexibility index (Phi) is 4.85. The molecule has 0 aliphatic heterocycles. The van der Waals surface area contributed by atoms with Crippen molar-refractivity contribution >= 4 is 22.7 Å². The summed E-state index contributed by atoms with van der Waals surface area (Å²) in [6, 6.07) is 11.1. The summed E-state index contributed by atoms with van der Waals surface area (Å²) in [7, 11) is 1.38. The number of alkyl halides is 3. The number of fused-ring (bicyclic) bond motifs is 1. The smallest absolute Gasteiger partial charge is 0.451 e. The molecule has 2 aromatic carbocycles. The fraction of sp³-hybridized carbons (Fsp3) is 0.167. The molecule has 0 aliphatic carbocycles. The molecule has 1 atom stereocenters. The van der Waals surface area contributed by atoms with Crippen molar-refractivity contribution in [2.24, 2.45) is 0 Å². The number of carboxylic acid groups (broad SMARTS) is 1. The topological polar surface area (TPSA) is 84.3 Å². The second-order valence-electron chi connectivity index (χ2n) is 5.60. The van der Waals surface area contributed by atoms with Gasteiger partial charge in [-0.15, -0.1) is 0 Å². The molecule has 0 aliphatic rings. The van der Waals surface area contributed by atoms with Crippen molar-refractivity contribution in [3.8, 4) is 5.75 Å². The Morgan fingerprint density at radius 1 is 1.15 bits per heavy atom. The highest BCUT2D eigenvalue weighted by Gasteiger charge is 2.36. The number of ether oxygens (including phenoxy) is 1. The first-order chi connectivity index (χ1) is 12.8. The summed E-state index contributed by atoms with van der Waals surface area (Å²) in [5.74, 6) is -2.54. The van der Waals surface area contributed by atoms with Crippen molar-refractivity contribution < 1.29 is 27.8 Å². The van der Waals surface area contributed by atoms with Crippen LogP contribution >= 0.6 is 0 Å². The zero-order valence-electron chi connectivity index (χ0n) is 14.0. The van der Waals surface area contributed by atoms with Crippen molar-refractivity contribution in [3.05, 3.63) is 59.9 Å². The van der Waals surface area contributed by atoms with Gasteiger partial charge in [-0.3, -0.25) is 0 Å². The van der Waals surface area contributed by atoms with E-state index in [9.17, 15) is 23.1 Å². The molecule has 0 radical (unpaired) electrons. The van der Waals surface area contributed by atoms with E-state index in [-0.39, 0.29) is 16.7 Å². The molecule has 6 nitrogen and oxygen atoms in total. The molecule has 0 fully saturated rings. The van der Waals surface area contributed by atoms with Gasteiger partial charge >= 0.3 is 12.1 Å². The van der Waals surface area contributed by atoms with E-state index in [1.54, 1.807) is 30.3 Å². The van der Waals surface area contributed by atoms with Gasteiger partial charge in [0.25, 0.3) is 0 Å². The van der Waals surface area contributed by atoms with Gasteiger partial charge in [-0.05, 0) is 17.7 Å². The molecule has 140 valence electrons. The third-order valence-corrected chi connectivity index (χ3v) is 3.82. The summed E-state index contributed by atoms with van der Waals surface area (Å²) < 4.78 is 44.6. The number of rotatable bonds is 5. The Hall–Kier alpha value is -3.36. The third-order valence-electron chi connectivity index (χ3n) is 3.82. The highest BCUT2D eigenvalue weighted by Crippen LogP contribution is 2.33. The van der Waals surface area contributed by atoms with Crippen molar-refractivity contribution in [3.63, 3.8) is 0 Å². The fourth-order valence-corrected chi connectivity index (χ4v) is 2.54. The summed E-state index contributed by atoms with van der Waals surface area (Å²) in [6.45, 7) is 0. The van der Waals surface area contributed by atoms with E-state index >= 15 is 0 Å². The minimum absolute atomic E-state index is 0.0172. The van der Waals surface area contributed by atoms with E-state index in [0.717, 1.165) is 0 Å². The zero-order valence-corrected chi connectivity index (χ0v) is 14.0. The third kappa shape index (κ3) is 3.91. The van der Waals surface area contributed by atoms with Gasteiger partial charge in [0, 0.05) is 11.5 Å². The molecule has 27 heavy (non-hydrogen) atoms. The molecule has 0 bridgehead atoms. The van der Waals surface area contributed by atoms with E-state index < -0.39 is 24.0 Å². The quantitative estimate of drug-likeness (QED) is 0.702. The molecule has 0 spiro atoms. The number of halogens is 3. The lowest BCUT2D eigenvalue weighted by Crippen LogP contribution is -2.22. The molecule has 1 heterocycles. The number of nitrogens with one attached hydrogen (secondary N) is 1. The fourth-order valence-electron chi connectivity index (χ4n) is 2.54.